The number of carbonyl (C=O) groups is 5. The van der Waals surface area contributed by atoms with E-state index in [-0.39, 0.29) is 35.6 Å². The van der Waals surface area contributed by atoms with E-state index in [1.54, 1.807) is 18.7 Å². The van der Waals surface area contributed by atoms with E-state index < -0.39 is 47.7 Å². The standard InChI is InChI=1S/C27H44N4O6/c1-6-8-19(23(33)26(36)28-17-11-12-17)29-24(34)21-18-10-7-9-16(18)13-31(21)27(37)20(14(2)3)30-25(35)22(32)15(4)5/h14-22,32H,6-13H2,1-5H3,(H,28,36)(H,29,34)(H,30,35)/t16-,18-,19+,20-,21-,22-/m0/s1. The number of amides is 4. The molecule has 4 N–H and O–H groups in total. The summed E-state index contributed by atoms with van der Waals surface area (Å²) in [5.74, 6) is -3.17. The highest BCUT2D eigenvalue weighted by molar-refractivity contribution is 6.38. The summed E-state index contributed by atoms with van der Waals surface area (Å²) < 4.78 is 0. The third-order valence-electron chi connectivity index (χ3n) is 7.92. The summed E-state index contributed by atoms with van der Waals surface area (Å²) in [7, 11) is 0. The second-order valence-electron chi connectivity index (χ2n) is 11.7. The van der Waals surface area contributed by atoms with E-state index >= 15 is 0 Å². The molecular weight excluding hydrogens is 476 g/mol. The Morgan fingerprint density at radius 3 is 2.19 bits per heavy atom. The Bertz CT molecular complexity index is 886. The molecule has 10 heteroatoms. The molecule has 2 aliphatic carbocycles. The monoisotopic (exact) mass is 520 g/mol. The molecule has 1 heterocycles. The molecule has 3 rings (SSSR count). The van der Waals surface area contributed by atoms with Crippen LogP contribution in [0.3, 0.4) is 0 Å². The Morgan fingerprint density at radius 2 is 1.62 bits per heavy atom. The first-order chi connectivity index (χ1) is 17.5. The summed E-state index contributed by atoms with van der Waals surface area (Å²) >= 11 is 0. The minimum absolute atomic E-state index is 0.0358. The normalized spacial score (nSPS) is 25.4. The number of fused-ring (bicyclic) bond motifs is 1. The Hall–Kier alpha value is -2.49. The first kappa shape index (κ1) is 29.1. The number of carbonyl (C=O) groups excluding carboxylic acids is 5. The summed E-state index contributed by atoms with van der Waals surface area (Å²) in [4.78, 5) is 66.8. The molecular formula is C27H44N4O6. The van der Waals surface area contributed by atoms with Crippen molar-refractivity contribution in [2.75, 3.05) is 6.54 Å². The third-order valence-corrected chi connectivity index (χ3v) is 7.92. The second-order valence-corrected chi connectivity index (χ2v) is 11.7. The lowest BCUT2D eigenvalue weighted by atomic mass is 9.92. The molecule has 0 aromatic heterocycles. The molecule has 4 amide bonds. The molecule has 0 bridgehead atoms. The smallest absolute Gasteiger partial charge is 0.289 e. The summed E-state index contributed by atoms with van der Waals surface area (Å²) in [6.45, 7) is 9.35. The van der Waals surface area contributed by atoms with Crippen LogP contribution in [0.2, 0.25) is 0 Å². The molecule has 0 aromatic carbocycles. The lowest BCUT2D eigenvalue weighted by Crippen LogP contribution is -2.59. The topological polar surface area (TPSA) is 145 Å². The molecule has 0 spiro atoms. The minimum Gasteiger partial charge on any atom is -0.383 e. The number of rotatable bonds is 12. The fourth-order valence-corrected chi connectivity index (χ4v) is 5.56. The van der Waals surface area contributed by atoms with Gasteiger partial charge in [0, 0.05) is 12.6 Å². The first-order valence-corrected chi connectivity index (χ1v) is 13.9. The van der Waals surface area contributed by atoms with Crippen LogP contribution in [0.15, 0.2) is 0 Å². The van der Waals surface area contributed by atoms with Crippen LogP contribution in [-0.2, 0) is 24.0 Å². The average molecular weight is 521 g/mol. The maximum absolute atomic E-state index is 13.8. The predicted octanol–water partition coefficient (Wildman–Crippen LogP) is 0.904. The van der Waals surface area contributed by atoms with Crippen molar-refractivity contribution < 1.29 is 29.1 Å². The fourth-order valence-electron chi connectivity index (χ4n) is 5.56. The number of likely N-dealkylation sites (tertiary alicyclic amines) is 1. The van der Waals surface area contributed by atoms with E-state index in [1.807, 2.05) is 20.8 Å². The average Bonchev–Trinajstić information content (AvgIpc) is 3.41. The molecule has 1 aliphatic heterocycles. The predicted molar refractivity (Wildman–Crippen MR) is 137 cm³/mol. The van der Waals surface area contributed by atoms with Crippen molar-refractivity contribution >= 4 is 29.4 Å². The zero-order valence-electron chi connectivity index (χ0n) is 22.8. The van der Waals surface area contributed by atoms with Crippen molar-refractivity contribution in [3.63, 3.8) is 0 Å². The van der Waals surface area contributed by atoms with Gasteiger partial charge in [0.1, 0.15) is 18.2 Å². The van der Waals surface area contributed by atoms with Crippen LogP contribution in [0.1, 0.15) is 79.6 Å². The summed E-state index contributed by atoms with van der Waals surface area (Å²) in [5.41, 5.74) is 0. The molecule has 6 atom stereocenters. The van der Waals surface area contributed by atoms with Gasteiger partial charge in [-0.05, 0) is 55.8 Å². The van der Waals surface area contributed by atoms with Crippen LogP contribution in [-0.4, -0.2) is 76.2 Å². The van der Waals surface area contributed by atoms with Crippen LogP contribution in [0.4, 0.5) is 0 Å². The first-order valence-electron chi connectivity index (χ1n) is 13.9. The molecule has 3 aliphatic rings. The second kappa shape index (κ2) is 12.4. The van der Waals surface area contributed by atoms with Crippen molar-refractivity contribution in [2.24, 2.45) is 23.7 Å². The van der Waals surface area contributed by atoms with Gasteiger partial charge in [-0.2, -0.15) is 0 Å². The van der Waals surface area contributed by atoms with Crippen LogP contribution < -0.4 is 16.0 Å². The highest BCUT2D eigenvalue weighted by Gasteiger charge is 2.51. The molecule has 0 radical (unpaired) electrons. The molecule has 3 fully saturated rings. The van der Waals surface area contributed by atoms with Gasteiger partial charge in [0.15, 0.2) is 0 Å². The van der Waals surface area contributed by atoms with Gasteiger partial charge in [-0.15, -0.1) is 0 Å². The van der Waals surface area contributed by atoms with Gasteiger partial charge >= 0.3 is 0 Å². The molecule has 2 saturated carbocycles. The van der Waals surface area contributed by atoms with Crippen LogP contribution in [0.25, 0.3) is 0 Å². The van der Waals surface area contributed by atoms with E-state index in [4.69, 9.17) is 0 Å². The summed E-state index contributed by atoms with van der Waals surface area (Å²) in [6, 6.07) is -2.58. The van der Waals surface area contributed by atoms with E-state index in [0.29, 0.717) is 19.4 Å². The number of Topliss-reactive ketones (excluding diaryl/α,β-unsaturated/α-hetero) is 1. The van der Waals surface area contributed by atoms with Gasteiger partial charge in [0.05, 0.1) is 6.04 Å². The van der Waals surface area contributed by atoms with E-state index in [9.17, 15) is 29.1 Å². The highest BCUT2D eigenvalue weighted by atomic mass is 16.3. The lowest BCUT2D eigenvalue weighted by molar-refractivity contribution is -0.146. The molecule has 10 nitrogen and oxygen atoms in total. The molecule has 0 unspecified atom stereocenters. The van der Waals surface area contributed by atoms with Crippen LogP contribution >= 0.6 is 0 Å². The van der Waals surface area contributed by atoms with Crippen molar-refractivity contribution in [3.8, 4) is 0 Å². The van der Waals surface area contributed by atoms with Gasteiger partial charge in [-0.3, -0.25) is 24.0 Å². The zero-order valence-corrected chi connectivity index (χ0v) is 22.8. The van der Waals surface area contributed by atoms with E-state index in [2.05, 4.69) is 16.0 Å². The van der Waals surface area contributed by atoms with Gasteiger partial charge in [-0.25, -0.2) is 0 Å². The highest BCUT2D eigenvalue weighted by Crippen LogP contribution is 2.42. The Kier molecular flexibility index (Phi) is 9.72. The molecule has 1 saturated heterocycles. The van der Waals surface area contributed by atoms with Crippen molar-refractivity contribution in [3.05, 3.63) is 0 Å². The van der Waals surface area contributed by atoms with Crippen molar-refractivity contribution in [1.82, 2.24) is 20.9 Å². The number of hydrogen-bond donors (Lipinski definition) is 4. The summed E-state index contributed by atoms with van der Waals surface area (Å²) in [5, 5.41) is 18.4. The summed E-state index contributed by atoms with van der Waals surface area (Å²) in [6.07, 6.45) is 4.07. The Labute approximate surface area is 219 Å². The maximum Gasteiger partial charge on any atom is 0.289 e. The Morgan fingerprint density at radius 1 is 0.946 bits per heavy atom. The number of aliphatic hydroxyl groups is 1. The quantitative estimate of drug-likeness (QED) is 0.282. The van der Waals surface area contributed by atoms with Crippen molar-refractivity contribution in [1.29, 1.82) is 0 Å². The van der Waals surface area contributed by atoms with Gasteiger partial charge in [0.25, 0.3) is 5.91 Å². The number of nitrogens with zero attached hydrogens (tertiary/aromatic N) is 1. The SMILES string of the molecule is CCC[C@@H](NC(=O)[C@@H]1[C@H]2CCC[C@H]2CN1C(=O)[C@@H](NC(=O)[C@@H](O)C(C)C)C(C)C)C(=O)C(=O)NC1CC1. The van der Waals surface area contributed by atoms with Crippen molar-refractivity contribution in [2.45, 2.75) is 110 Å². The van der Waals surface area contributed by atoms with Gasteiger partial charge in [-0.1, -0.05) is 47.5 Å². The van der Waals surface area contributed by atoms with Crippen LogP contribution in [0.5, 0.6) is 0 Å². The van der Waals surface area contributed by atoms with Crippen LogP contribution in [0, 0.1) is 23.7 Å². The van der Waals surface area contributed by atoms with Gasteiger partial charge in [0.2, 0.25) is 23.5 Å². The number of aliphatic hydroxyl groups excluding tert-OH is 1. The van der Waals surface area contributed by atoms with Gasteiger partial charge < -0.3 is 26.0 Å². The number of ketones is 1. The largest absolute Gasteiger partial charge is 0.383 e. The molecule has 37 heavy (non-hydrogen) atoms. The fraction of sp³-hybridized carbons (Fsp3) is 0.815. The van der Waals surface area contributed by atoms with E-state index in [1.165, 1.54) is 0 Å². The maximum atomic E-state index is 13.8. The minimum atomic E-state index is -1.24. The lowest BCUT2D eigenvalue weighted by Gasteiger charge is -2.33. The Balaban J connectivity index is 1.78. The zero-order chi connectivity index (χ0) is 27.4. The number of hydrogen-bond acceptors (Lipinski definition) is 6. The van der Waals surface area contributed by atoms with E-state index in [0.717, 1.165) is 32.1 Å². The third kappa shape index (κ3) is 6.89. The molecule has 208 valence electrons. The number of nitrogens with one attached hydrogen (secondary N) is 3. The molecule has 0 aromatic rings.